The molecular formula is C10H10INOS. The Balaban J connectivity index is 2.54. The Bertz CT molecular complexity index is 392. The van der Waals surface area contributed by atoms with Crippen LogP contribution in [0.25, 0.3) is 0 Å². The van der Waals surface area contributed by atoms with Gasteiger partial charge < -0.3 is 5.73 Å². The Hall–Kier alpha value is -0.230. The van der Waals surface area contributed by atoms with Gasteiger partial charge in [-0.15, -0.1) is 11.8 Å². The monoisotopic (exact) mass is 319 g/mol. The zero-order valence-electron chi connectivity index (χ0n) is 7.55. The van der Waals surface area contributed by atoms with Crippen molar-refractivity contribution in [3.05, 3.63) is 21.3 Å². The van der Waals surface area contributed by atoms with Crippen LogP contribution in [-0.4, -0.2) is 11.5 Å². The summed E-state index contributed by atoms with van der Waals surface area (Å²) in [5.74, 6) is 1.27. The number of halogens is 1. The number of carbonyl (C=O) groups excluding carboxylic acids is 1. The minimum absolute atomic E-state index is 0.253. The molecule has 4 heteroatoms. The predicted octanol–water partition coefficient (Wildman–Crippen LogP) is 2.94. The van der Waals surface area contributed by atoms with Crippen molar-refractivity contribution in [3.63, 3.8) is 0 Å². The van der Waals surface area contributed by atoms with Crippen LogP contribution in [0.4, 0.5) is 5.69 Å². The number of hydrogen-bond acceptors (Lipinski definition) is 3. The quantitative estimate of drug-likeness (QED) is 0.591. The molecule has 0 radical (unpaired) electrons. The van der Waals surface area contributed by atoms with E-state index in [-0.39, 0.29) is 5.78 Å². The lowest BCUT2D eigenvalue weighted by molar-refractivity contribution is 0.0980. The molecule has 0 atom stereocenters. The van der Waals surface area contributed by atoms with Crippen molar-refractivity contribution in [2.75, 3.05) is 11.5 Å². The smallest absolute Gasteiger partial charge is 0.164 e. The first kappa shape index (κ1) is 10.3. The van der Waals surface area contributed by atoms with E-state index in [1.807, 2.05) is 12.1 Å². The van der Waals surface area contributed by atoms with E-state index < -0.39 is 0 Å². The van der Waals surface area contributed by atoms with Crippen LogP contribution < -0.4 is 5.73 Å². The fraction of sp³-hybridized carbons (Fsp3) is 0.300. The largest absolute Gasteiger partial charge is 0.398 e. The van der Waals surface area contributed by atoms with Crippen molar-refractivity contribution in [1.82, 2.24) is 0 Å². The topological polar surface area (TPSA) is 43.1 Å². The molecular weight excluding hydrogens is 309 g/mol. The van der Waals surface area contributed by atoms with E-state index in [9.17, 15) is 4.79 Å². The average Bonchev–Trinajstić information content (AvgIpc) is 2.31. The summed E-state index contributed by atoms with van der Waals surface area (Å²) in [6, 6.07) is 3.83. The zero-order valence-corrected chi connectivity index (χ0v) is 10.5. The van der Waals surface area contributed by atoms with E-state index in [0.29, 0.717) is 6.42 Å². The van der Waals surface area contributed by atoms with Gasteiger partial charge in [0.2, 0.25) is 0 Å². The molecule has 2 N–H and O–H groups in total. The van der Waals surface area contributed by atoms with Gasteiger partial charge in [0, 0.05) is 26.1 Å². The number of nitrogens with two attached hydrogens (primary N) is 1. The molecule has 0 unspecified atom stereocenters. The molecule has 0 saturated carbocycles. The van der Waals surface area contributed by atoms with Crippen LogP contribution in [0.1, 0.15) is 23.2 Å². The summed E-state index contributed by atoms with van der Waals surface area (Å²) in [6.45, 7) is 0. The first-order chi connectivity index (χ1) is 6.68. The number of fused-ring (bicyclic) bond motifs is 1. The molecule has 1 aliphatic heterocycles. The van der Waals surface area contributed by atoms with Crippen molar-refractivity contribution in [1.29, 1.82) is 0 Å². The minimum atomic E-state index is 0.253. The highest BCUT2D eigenvalue weighted by atomic mass is 127. The first-order valence-electron chi connectivity index (χ1n) is 4.43. The van der Waals surface area contributed by atoms with Crippen molar-refractivity contribution >= 4 is 45.8 Å². The first-order valence-corrected chi connectivity index (χ1v) is 6.50. The van der Waals surface area contributed by atoms with Gasteiger partial charge in [0.25, 0.3) is 0 Å². The molecule has 0 spiro atoms. The van der Waals surface area contributed by atoms with E-state index in [4.69, 9.17) is 5.73 Å². The van der Waals surface area contributed by atoms with Crippen LogP contribution in [0, 0.1) is 3.57 Å². The molecule has 0 saturated heterocycles. The Morgan fingerprint density at radius 1 is 1.43 bits per heavy atom. The maximum atomic E-state index is 11.7. The highest BCUT2D eigenvalue weighted by Crippen LogP contribution is 2.32. The van der Waals surface area contributed by atoms with Gasteiger partial charge in [0.05, 0.1) is 0 Å². The number of hydrogen-bond donors (Lipinski definition) is 1. The second kappa shape index (κ2) is 4.10. The highest BCUT2D eigenvalue weighted by Gasteiger charge is 2.17. The lowest BCUT2D eigenvalue weighted by Gasteiger charge is -2.06. The molecule has 0 fully saturated rings. The summed E-state index contributed by atoms with van der Waals surface area (Å²) in [7, 11) is 0. The molecule has 0 aromatic heterocycles. The van der Waals surface area contributed by atoms with Gasteiger partial charge in [-0.25, -0.2) is 0 Å². The third-order valence-electron chi connectivity index (χ3n) is 2.21. The van der Waals surface area contributed by atoms with Crippen LogP contribution in [-0.2, 0) is 0 Å². The van der Waals surface area contributed by atoms with Crippen molar-refractivity contribution in [3.8, 4) is 0 Å². The summed E-state index contributed by atoms with van der Waals surface area (Å²) < 4.78 is 0.970. The summed E-state index contributed by atoms with van der Waals surface area (Å²) in [5.41, 5.74) is 7.43. The van der Waals surface area contributed by atoms with E-state index in [1.165, 1.54) is 0 Å². The van der Waals surface area contributed by atoms with Crippen molar-refractivity contribution < 1.29 is 4.79 Å². The molecule has 2 nitrogen and oxygen atoms in total. The number of anilines is 1. The van der Waals surface area contributed by atoms with E-state index in [0.717, 1.165) is 31.9 Å². The second-order valence-corrected chi connectivity index (χ2v) is 5.54. The van der Waals surface area contributed by atoms with Gasteiger partial charge in [-0.1, -0.05) is 0 Å². The SMILES string of the molecule is Nc1cc2c(cc1I)C(=O)CCCS2. The molecule has 0 bridgehead atoms. The van der Waals surface area contributed by atoms with Crippen LogP contribution in [0.3, 0.4) is 0 Å². The number of thioether (sulfide) groups is 1. The van der Waals surface area contributed by atoms with Gasteiger partial charge in [-0.05, 0) is 46.9 Å². The van der Waals surface area contributed by atoms with E-state index >= 15 is 0 Å². The zero-order chi connectivity index (χ0) is 10.1. The molecule has 0 aliphatic carbocycles. The van der Waals surface area contributed by atoms with Crippen LogP contribution in [0.15, 0.2) is 17.0 Å². The maximum absolute atomic E-state index is 11.7. The summed E-state index contributed by atoms with van der Waals surface area (Å²) in [5, 5.41) is 0. The molecule has 2 rings (SSSR count). The van der Waals surface area contributed by atoms with Gasteiger partial charge in [-0.3, -0.25) is 4.79 Å². The van der Waals surface area contributed by atoms with Gasteiger partial charge in [-0.2, -0.15) is 0 Å². The number of ketones is 1. The average molecular weight is 319 g/mol. The van der Waals surface area contributed by atoms with Gasteiger partial charge in [0.1, 0.15) is 0 Å². The Morgan fingerprint density at radius 2 is 2.21 bits per heavy atom. The van der Waals surface area contributed by atoms with Crippen molar-refractivity contribution in [2.45, 2.75) is 17.7 Å². The number of nitrogen functional groups attached to an aromatic ring is 1. The molecule has 74 valence electrons. The summed E-state index contributed by atoms with van der Waals surface area (Å²) in [4.78, 5) is 12.8. The standard InChI is InChI=1S/C10H10INOS/c11-7-4-6-9(13)2-1-3-14-10(6)5-8(7)12/h4-5H,1-3,12H2. The number of Topliss-reactive ketones (excluding diaryl/α,β-unsaturated/α-hetero) is 1. The fourth-order valence-electron chi connectivity index (χ4n) is 1.46. The number of carbonyl (C=O) groups is 1. The molecule has 0 amide bonds. The molecule has 14 heavy (non-hydrogen) atoms. The fourth-order valence-corrected chi connectivity index (χ4v) is 2.97. The number of rotatable bonds is 0. The Kier molecular flexibility index (Phi) is 3.02. The molecule has 1 heterocycles. The minimum Gasteiger partial charge on any atom is -0.398 e. The van der Waals surface area contributed by atoms with E-state index in [1.54, 1.807) is 11.8 Å². The van der Waals surface area contributed by atoms with Crippen LogP contribution >= 0.6 is 34.4 Å². The third-order valence-corrected chi connectivity index (χ3v) is 4.28. The summed E-state index contributed by atoms with van der Waals surface area (Å²) >= 11 is 3.90. The highest BCUT2D eigenvalue weighted by molar-refractivity contribution is 14.1. The normalized spacial score (nSPS) is 16.2. The molecule has 1 aromatic rings. The predicted molar refractivity (Wildman–Crippen MR) is 67.9 cm³/mol. The Morgan fingerprint density at radius 3 is 3.00 bits per heavy atom. The number of benzene rings is 1. The Labute approximate surface area is 101 Å². The third kappa shape index (κ3) is 1.91. The van der Waals surface area contributed by atoms with Crippen LogP contribution in [0.2, 0.25) is 0 Å². The lowest BCUT2D eigenvalue weighted by Crippen LogP contribution is -2.01. The van der Waals surface area contributed by atoms with Gasteiger partial charge >= 0.3 is 0 Å². The van der Waals surface area contributed by atoms with Gasteiger partial charge in [0.15, 0.2) is 5.78 Å². The maximum Gasteiger partial charge on any atom is 0.164 e. The molecule has 1 aliphatic rings. The van der Waals surface area contributed by atoms with E-state index in [2.05, 4.69) is 22.6 Å². The molecule has 1 aromatic carbocycles. The van der Waals surface area contributed by atoms with Crippen molar-refractivity contribution in [2.24, 2.45) is 0 Å². The lowest BCUT2D eigenvalue weighted by atomic mass is 10.1. The van der Waals surface area contributed by atoms with Crippen LogP contribution in [0.5, 0.6) is 0 Å². The summed E-state index contributed by atoms with van der Waals surface area (Å²) in [6.07, 6.45) is 1.63. The second-order valence-electron chi connectivity index (χ2n) is 3.25.